The Morgan fingerprint density at radius 1 is 0.517 bits per heavy atom. The van der Waals surface area contributed by atoms with Crippen LogP contribution in [0.4, 0.5) is 0 Å². The molecule has 1 radical (unpaired) electrons. The van der Waals surface area contributed by atoms with E-state index in [1.807, 2.05) is 0 Å². The van der Waals surface area contributed by atoms with Crippen molar-refractivity contribution in [1.82, 2.24) is 0 Å². The van der Waals surface area contributed by atoms with Gasteiger partial charge in [-0.1, -0.05) is 136 Å². The maximum atomic E-state index is 11.3. The van der Waals surface area contributed by atoms with E-state index < -0.39 is 5.60 Å². The average molecular weight is 412 g/mol. The highest BCUT2D eigenvalue weighted by Crippen LogP contribution is 2.35. The van der Waals surface area contributed by atoms with Crippen LogP contribution in [-0.2, 0) is 0 Å². The molecule has 0 aromatic carbocycles. The van der Waals surface area contributed by atoms with Crippen molar-refractivity contribution in [2.24, 2.45) is 0 Å². The number of hydrogen-bond acceptors (Lipinski definition) is 2. The minimum absolute atomic E-state index is 0.0943. The molecule has 0 saturated heterocycles. The van der Waals surface area contributed by atoms with Gasteiger partial charge in [0.2, 0.25) is 0 Å². The molecule has 1 atom stereocenters. The van der Waals surface area contributed by atoms with Gasteiger partial charge >= 0.3 is 0 Å². The molecule has 0 aromatic rings. The van der Waals surface area contributed by atoms with E-state index in [4.69, 9.17) is 0 Å². The average Bonchev–Trinajstić information content (AvgIpc) is 2.73. The lowest BCUT2D eigenvalue weighted by atomic mass is 9.77. The standard InChI is InChI=1S/C27H55O2/c1-4-7-10-13-16-19-22-26(23-20-17-14-11-8-5-2)27(29,25-28)24-21-18-15-12-9-6-3/h28-29H,4-25H2,1-3H3. The normalized spacial score (nSPS) is 13.9. The SMILES string of the molecule is CCCCCCCC[C](CCCCCCCC)C(O)(CO)CCCCCCCC. The number of aliphatic hydroxyl groups excluding tert-OH is 1. The van der Waals surface area contributed by atoms with Gasteiger partial charge in [-0.3, -0.25) is 0 Å². The summed E-state index contributed by atoms with van der Waals surface area (Å²) >= 11 is 0. The third kappa shape index (κ3) is 16.3. The van der Waals surface area contributed by atoms with Gasteiger partial charge in [0.25, 0.3) is 0 Å². The molecule has 175 valence electrons. The van der Waals surface area contributed by atoms with Crippen LogP contribution in [0.25, 0.3) is 0 Å². The van der Waals surface area contributed by atoms with E-state index in [1.165, 1.54) is 115 Å². The van der Waals surface area contributed by atoms with Gasteiger partial charge in [0.15, 0.2) is 0 Å². The zero-order valence-electron chi connectivity index (χ0n) is 20.5. The van der Waals surface area contributed by atoms with Crippen LogP contribution < -0.4 is 0 Å². The molecule has 0 spiro atoms. The van der Waals surface area contributed by atoms with Crippen molar-refractivity contribution in [3.05, 3.63) is 5.92 Å². The maximum absolute atomic E-state index is 11.3. The van der Waals surface area contributed by atoms with E-state index in [0.29, 0.717) is 0 Å². The first kappa shape index (κ1) is 28.9. The zero-order chi connectivity index (χ0) is 21.6. The molecule has 0 bridgehead atoms. The first-order valence-electron chi connectivity index (χ1n) is 13.3. The minimum atomic E-state index is -0.933. The first-order valence-corrected chi connectivity index (χ1v) is 13.3. The molecule has 2 heteroatoms. The lowest BCUT2D eigenvalue weighted by Gasteiger charge is -2.35. The minimum Gasteiger partial charge on any atom is -0.393 e. The molecule has 0 aliphatic rings. The molecule has 0 fully saturated rings. The summed E-state index contributed by atoms with van der Waals surface area (Å²) < 4.78 is 0. The summed E-state index contributed by atoms with van der Waals surface area (Å²) in [7, 11) is 0. The quantitative estimate of drug-likeness (QED) is 0.165. The molecule has 2 nitrogen and oxygen atoms in total. The van der Waals surface area contributed by atoms with Crippen LogP contribution in [0.5, 0.6) is 0 Å². The zero-order valence-corrected chi connectivity index (χ0v) is 20.5. The molecular formula is C27H55O2. The Bertz CT molecular complexity index is 302. The summed E-state index contributed by atoms with van der Waals surface area (Å²) in [5.74, 6) is 1.25. The largest absolute Gasteiger partial charge is 0.393 e. The van der Waals surface area contributed by atoms with Crippen molar-refractivity contribution < 1.29 is 10.2 Å². The van der Waals surface area contributed by atoms with Crippen molar-refractivity contribution in [3.63, 3.8) is 0 Å². The van der Waals surface area contributed by atoms with Crippen molar-refractivity contribution in [2.45, 2.75) is 161 Å². The van der Waals surface area contributed by atoms with Crippen molar-refractivity contribution in [2.75, 3.05) is 6.61 Å². The summed E-state index contributed by atoms with van der Waals surface area (Å²) in [5.41, 5.74) is -0.933. The van der Waals surface area contributed by atoms with Gasteiger partial charge in [-0.15, -0.1) is 0 Å². The van der Waals surface area contributed by atoms with E-state index in [0.717, 1.165) is 25.7 Å². The smallest absolute Gasteiger partial charge is 0.0939 e. The number of unbranched alkanes of at least 4 members (excludes halogenated alkanes) is 15. The molecule has 0 heterocycles. The number of rotatable bonds is 23. The van der Waals surface area contributed by atoms with E-state index in [1.54, 1.807) is 0 Å². The van der Waals surface area contributed by atoms with E-state index in [-0.39, 0.29) is 6.61 Å². The summed E-state index contributed by atoms with van der Waals surface area (Å²) in [4.78, 5) is 0. The van der Waals surface area contributed by atoms with E-state index in [9.17, 15) is 10.2 Å². The molecule has 0 aliphatic heterocycles. The monoisotopic (exact) mass is 411 g/mol. The third-order valence-corrected chi connectivity index (χ3v) is 6.53. The first-order chi connectivity index (χ1) is 14.1. The predicted molar refractivity (Wildman–Crippen MR) is 129 cm³/mol. The van der Waals surface area contributed by atoms with Crippen molar-refractivity contribution in [1.29, 1.82) is 0 Å². The van der Waals surface area contributed by atoms with E-state index in [2.05, 4.69) is 20.8 Å². The van der Waals surface area contributed by atoms with Crippen LogP contribution in [0.15, 0.2) is 0 Å². The fourth-order valence-corrected chi connectivity index (χ4v) is 4.39. The topological polar surface area (TPSA) is 40.5 Å². The Hall–Kier alpha value is -0.0800. The van der Waals surface area contributed by atoms with Crippen LogP contribution in [0.2, 0.25) is 0 Å². The molecule has 0 aromatic heterocycles. The van der Waals surface area contributed by atoms with Gasteiger partial charge in [0.1, 0.15) is 0 Å². The highest BCUT2D eigenvalue weighted by Gasteiger charge is 2.35. The second-order valence-electron chi connectivity index (χ2n) is 9.35. The molecular weight excluding hydrogens is 356 g/mol. The maximum Gasteiger partial charge on any atom is 0.0939 e. The molecule has 0 amide bonds. The van der Waals surface area contributed by atoms with Crippen molar-refractivity contribution in [3.8, 4) is 0 Å². The fraction of sp³-hybridized carbons (Fsp3) is 0.963. The third-order valence-electron chi connectivity index (χ3n) is 6.53. The second kappa shape index (κ2) is 21.2. The second-order valence-corrected chi connectivity index (χ2v) is 9.35. The summed E-state index contributed by atoms with van der Waals surface area (Å²) in [6.07, 6.45) is 25.6. The number of aliphatic hydroxyl groups is 2. The molecule has 0 rings (SSSR count). The predicted octanol–water partition coefficient (Wildman–Crippen LogP) is 8.54. The van der Waals surface area contributed by atoms with Gasteiger partial charge in [-0.25, -0.2) is 0 Å². The highest BCUT2D eigenvalue weighted by atomic mass is 16.3. The molecule has 1 unspecified atom stereocenters. The van der Waals surface area contributed by atoms with Gasteiger partial charge in [0.05, 0.1) is 12.2 Å². The molecule has 0 saturated carbocycles. The van der Waals surface area contributed by atoms with Crippen LogP contribution in [0, 0.1) is 5.92 Å². The van der Waals surface area contributed by atoms with Crippen molar-refractivity contribution >= 4 is 0 Å². The van der Waals surface area contributed by atoms with Gasteiger partial charge in [-0.2, -0.15) is 0 Å². The highest BCUT2D eigenvalue weighted by molar-refractivity contribution is 5.08. The number of hydrogen-bond donors (Lipinski definition) is 2. The van der Waals surface area contributed by atoms with Crippen LogP contribution in [0.1, 0.15) is 156 Å². The van der Waals surface area contributed by atoms with Gasteiger partial charge in [-0.05, 0) is 19.3 Å². The molecule has 2 N–H and O–H groups in total. The Morgan fingerprint density at radius 2 is 0.862 bits per heavy atom. The Morgan fingerprint density at radius 3 is 1.24 bits per heavy atom. The fourth-order valence-electron chi connectivity index (χ4n) is 4.39. The van der Waals surface area contributed by atoms with Gasteiger partial charge < -0.3 is 10.2 Å². The Balaban J connectivity index is 4.43. The summed E-state index contributed by atoms with van der Waals surface area (Å²) in [6.45, 7) is 6.67. The Labute approximate surface area is 184 Å². The summed E-state index contributed by atoms with van der Waals surface area (Å²) in [6, 6.07) is 0. The van der Waals surface area contributed by atoms with Crippen LogP contribution in [-0.4, -0.2) is 22.4 Å². The lowest BCUT2D eigenvalue weighted by Crippen LogP contribution is -2.40. The van der Waals surface area contributed by atoms with Crippen LogP contribution >= 0.6 is 0 Å². The van der Waals surface area contributed by atoms with Crippen LogP contribution in [0.3, 0.4) is 0 Å². The molecule has 0 aliphatic carbocycles. The Kier molecular flexibility index (Phi) is 21.1. The lowest BCUT2D eigenvalue weighted by molar-refractivity contribution is -0.0179. The summed E-state index contributed by atoms with van der Waals surface area (Å²) in [5, 5.41) is 21.3. The molecule has 29 heavy (non-hydrogen) atoms. The van der Waals surface area contributed by atoms with Gasteiger partial charge in [0, 0.05) is 5.92 Å². The van der Waals surface area contributed by atoms with E-state index >= 15 is 0 Å².